The van der Waals surface area contributed by atoms with Crippen LogP contribution in [0.25, 0.3) is 22.3 Å². The lowest BCUT2D eigenvalue weighted by Gasteiger charge is -2.03. The van der Waals surface area contributed by atoms with Crippen molar-refractivity contribution >= 4 is 26.8 Å². The number of rotatable bonds is 3. The number of benzene rings is 2. The highest BCUT2D eigenvalue weighted by Crippen LogP contribution is 2.35. The van der Waals surface area contributed by atoms with Crippen molar-refractivity contribution in [3.05, 3.63) is 63.4 Å². The predicted molar refractivity (Wildman–Crippen MR) is 98.7 cm³/mol. The molecule has 5 rings (SSSR count). The van der Waals surface area contributed by atoms with Crippen LogP contribution in [0.1, 0.15) is 5.89 Å². The van der Waals surface area contributed by atoms with Crippen LogP contribution in [0.3, 0.4) is 0 Å². The van der Waals surface area contributed by atoms with Gasteiger partial charge < -0.3 is 14.0 Å². The van der Waals surface area contributed by atoms with Crippen LogP contribution in [0, 0.1) is 0 Å². The van der Waals surface area contributed by atoms with Gasteiger partial charge in [-0.1, -0.05) is 21.1 Å². The maximum absolute atomic E-state index is 12.7. The molecule has 0 saturated heterocycles. The maximum Gasteiger partial charge on any atom is 0.261 e. The second kappa shape index (κ2) is 6.20. The maximum atomic E-state index is 12.7. The molecule has 0 spiro atoms. The zero-order valence-corrected chi connectivity index (χ0v) is 15.3. The first-order valence-electron chi connectivity index (χ1n) is 8.05. The topological polar surface area (TPSA) is 92.3 Å². The van der Waals surface area contributed by atoms with Crippen molar-refractivity contribution in [2.24, 2.45) is 0 Å². The van der Waals surface area contributed by atoms with Crippen molar-refractivity contribution in [2.75, 3.05) is 6.79 Å². The number of aromatic nitrogens is 4. The van der Waals surface area contributed by atoms with Crippen LogP contribution in [0.5, 0.6) is 11.5 Å². The van der Waals surface area contributed by atoms with Gasteiger partial charge in [0.05, 0.1) is 17.2 Å². The molecule has 3 heterocycles. The number of hydrogen-bond acceptors (Lipinski definition) is 7. The second-order valence-electron chi connectivity index (χ2n) is 5.92. The molecule has 0 radical (unpaired) electrons. The van der Waals surface area contributed by atoms with Crippen molar-refractivity contribution in [1.82, 2.24) is 19.7 Å². The molecule has 0 atom stereocenters. The SMILES string of the molecule is O=c1c2cc(Br)ccc2ncn1Cc1nc(-c2ccc3c(c2)OCO3)no1. The third kappa shape index (κ3) is 2.85. The summed E-state index contributed by atoms with van der Waals surface area (Å²) in [5.41, 5.74) is 1.19. The highest BCUT2D eigenvalue weighted by molar-refractivity contribution is 9.10. The Balaban J connectivity index is 1.46. The van der Waals surface area contributed by atoms with E-state index in [1.165, 1.54) is 10.9 Å². The average Bonchev–Trinajstić information content (AvgIpc) is 3.33. The van der Waals surface area contributed by atoms with Crippen molar-refractivity contribution < 1.29 is 14.0 Å². The van der Waals surface area contributed by atoms with Crippen molar-refractivity contribution in [2.45, 2.75) is 6.54 Å². The third-order valence-electron chi connectivity index (χ3n) is 4.19. The fraction of sp³-hybridized carbons (Fsp3) is 0.111. The Morgan fingerprint density at radius 2 is 2.00 bits per heavy atom. The lowest BCUT2D eigenvalue weighted by Crippen LogP contribution is -2.21. The summed E-state index contributed by atoms with van der Waals surface area (Å²) in [6.45, 7) is 0.329. The number of halogens is 1. The highest BCUT2D eigenvalue weighted by Gasteiger charge is 2.17. The van der Waals surface area contributed by atoms with Gasteiger partial charge in [0.1, 0.15) is 6.54 Å². The van der Waals surface area contributed by atoms with E-state index in [0.29, 0.717) is 34.1 Å². The van der Waals surface area contributed by atoms with Crippen LogP contribution in [0.4, 0.5) is 0 Å². The Morgan fingerprint density at radius 1 is 1.11 bits per heavy atom. The highest BCUT2D eigenvalue weighted by atomic mass is 79.9. The number of ether oxygens (including phenoxy) is 2. The molecule has 0 saturated carbocycles. The van der Waals surface area contributed by atoms with Gasteiger partial charge in [-0.05, 0) is 36.4 Å². The van der Waals surface area contributed by atoms with Gasteiger partial charge in [0.2, 0.25) is 18.5 Å². The van der Waals surface area contributed by atoms with E-state index in [-0.39, 0.29) is 18.9 Å². The fourth-order valence-electron chi connectivity index (χ4n) is 2.86. The van der Waals surface area contributed by atoms with Crippen LogP contribution in [-0.4, -0.2) is 26.5 Å². The minimum atomic E-state index is -0.177. The van der Waals surface area contributed by atoms with Crippen LogP contribution >= 0.6 is 15.9 Å². The van der Waals surface area contributed by atoms with E-state index in [0.717, 1.165) is 10.0 Å². The smallest absolute Gasteiger partial charge is 0.261 e. The lowest BCUT2D eigenvalue weighted by atomic mass is 10.2. The molecule has 0 amide bonds. The van der Waals surface area contributed by atoms with Gasteiger partial charge in [-0.25, -0.2) is 4.98 Å². The number of fused-ring (bicyclic) bond motifs is 2. The molecule has 9 heteroatoms. The normalized spacial score (nSPS) is 12.6. The van der Waals surface area contributed by atoms with E-state index in [4.69, 9.17) is 14.0 Å². The zero-order valence-electron chi connectivity index (χ0n) is 13.8. The first kappa shape index (κ1) is 16.0. The Morgan fingerprint density at radius 3 is 2.93 bits per heavy atom. The molecule has 0 N–H and O–H groups in total. The van der Waals surface area contributed by atoms with Crippen LogP contribution in [-0.2, 0) is 6.54 Å². The molecule has 1 aliphatic heterocycles. The van der Waals surface area contributed by atoms with Gasteiger partial charge >= 0.3 is 0 Å². The van der Waals surface area contributed by atoms with Gasteiger partial charge in [-0.3, -0.25) is 9.36 Å². The molecule has 2 aromatic heterocycles. The van der Waals surface area contributed by atoms with Gasteiger partial charge in [0, 0.05) is 10.0 Å². The first-order valence-corrected chi connectivity index (χ1v) is 8.84. The van der Waals surface area contributed by atoms with E-state index in [2.05, 4.69) is 31.1 Å². The van der Waals surface area contributed by atoms with Crippen LogP contribution < -0.4 is 15.0 Å². The molecule has 0 bridgehead atoms. The molecular formula is C18H11BrN4O4. The summed E-state index contributed by atoms with van der Waals surface area (Å²) in [6.07, 6.45) is 1.48. The van der Waals surface area contributed by atoms with E-state index >= 15 is 0 Å². The monoisotopic (exact) mass is 426 g/mol. The molecule has 0 fully saturated rings. The lowest BCUT2D eigenvalue weighted by molar-refractivity contribution is 0.174. The average molecular weight is 427 g/mol. The largest absolute Gasteiger partial charge is 0.454 e. The summed E-state index contributed by atoms with van der Waals surface area (Å²) < 4.78 is 18.2. The Bertz CT molecular complexity index is 1230. The van der Waals surface area contributed by atoms with E-state index in [1.807, 2.05) is 12.1 Å². The van der Waals surface area contributed by atoms with E-state index in [9.17, 15) is 4.79 Å². The molecule has 4 aromatic rings. The first-order chi connectivity index (χ1) is 13.2. The summed E-state index contributed by atoms with van der Waals surface area (Å²) in [5.74, 6) is 2.04. The minimum absolute atomic E-state index is 0.131. The standard InChI is InChI=1S/C18H11BrN4O4/c19-11-2-3-13-12(6-11)18(24)23(8-20-13)7-16-21-17(22-27-16)10-1-4-14-15(5-10)26-9-25-14/h1-6,8H,7,9H2. The number of nitrogens with zero attached hydrogens (tertiary/aromatic N) is 4. The Hall–Kier alpha value is -3.20. The minimum Gasteiger partial charge on any atom is -0.454 e. The van der Waals surface area contributed by atoms with Crippen LogP contribution in [0.15, 0.2) is 56.5 Å². The Labute approximate surface area is 160 Å². The van der Waals surface area contributed by atoms with E-state index < -0.39 is 0 Å². The molecule has 0 unspecified atom stereocenters. The van der Waals surface area contributed by atoms with Gasteiger partial charge in [-0.2, -0.15) is 4.98 Å². The van der Waals surface area contributed by atoms with Crippen molar-refractivity contribution in [3.8, 4) is 22.9 Å². The summed E-state index contributed by atoms with van der Waals surface area (Å²) in [6, 6.07) is 10.8. The van der Waals surface area contributed by atoms with Gasteiger partial charge in [0.15, 0.2) is 11.5 Å². The third-order valence-corrected chi connectivity index (χ3v) is 4.68. The second-order valence-corrected chi connectivity index (χ2v) is 6.83. The van der Waals surface area contributed by atoms with Crippen LogP contribution in [0.2, 0.25) is 0 Å². The van der Waals surface area contributed by atoms with Crippen molar-refractivity contribution in [1.29, 1.82) is 0 Å². The van der Waals surface area contributed by atoms with E-state index in [1.54, 1.807) is 24.3 Å². The van der Waals surface area contributed by atoms with Crippen molar-refractivity contribution in [3.63, 3.8) is 0 Å². The quantitative estimate of drug-likeness (QED) is 0.496. The van der Waals surface area contributed by atoms with Gasteiger partial charge in [0.25, 0.3) is 5.56 Å². The summed E-state index contributed by atoms with van der Waals surface area (Å²) in [7, 11) is 0. The summed E-state index contributed by atoms with van der Waals surface area (Å²) >= 11 is 3.37. The molecule has 27 heavy (non-hydrogen) atoms. The molecule has 8 nitrogen and oxygen atoms in total. The summed E-state index contributed by atoms with van der Waals surface area (Å²) in [5, 5.41) is 4.50. The Kier molecular flexibility index (Phi) is 3.68. The zero-order chi connectivity index (χ0) is 18.4. The van der Waals surface area contributed by atoms with Gasteiger partial charge in [-0.15, -0.1) is 0 Å². The molecule has 2 aromatic carbocycles. The molecule has 1 aliphatic rings. The molecule has 134 valence electrons. The predicted octanol–water partition coefficient (Wildman–Crippen LogP) is 2.99. The molecule has 0 aliphatic carbocycles. The molecular weight excluding hydrogens is 416 g/mol. The number of hydrogen-bond donors (Lipinski definition) is 0. The fourth-order valence-corrected chi connectivity index (χ4v) is 3.22. The summed E-state index contributed by atoms with van der Waals surface area (Å²) in [4.78, 5) is 21.3.